The van der Waals surface area contributed by atoms with Gasteiger partial charge in [-0.3, -0.25) is 9.59 Å². The average Bonchev–Trinajstić information content (AvgIpc) is 2.79. The maximum absolute atomic E-state index is 11.8. The molecule has 0 aliphatic heterocycles. The fraction of sp³-hybridized carbons (Fsp3) is 0.308. The van der Waals surface area contributed by atoms with Gasteiger partial charge in [0.1, 0.15) is 5.75 Å². The lowest BCUT2D eigenvalue weighted by atomic mass is 10.2. The van der Waals surface area contributed by atoms with Gasteiger partial charge in [-0.15, -0.1) is 12.4 Å². The number of aromatic nitrogens is 1. The molecule has 1 unspecified atom stereocenters. The molecule has 2 amide bonds. The third-order valence-corrected chi connectivity index (χ3v) is 3.59. The summed E-state index contributed by atoms with van der Waals surface area (Å²) in [5.74, 6) is -0.363. The molecule has 22 heavy (non-hydrogen) atoms. The summed E-state index contributed by atoms with van der Waals surface area (Å²) in [4.78, 5) is 26.8. The van der Waals surface area contributed by atoms with Crippen LogP contribution in [-0.2, 0) is 9.59 Å². The Kier molecular flexibility index (Phi) is 6.54. The molecule has 0 aliphatic carbocycles. The molecule has 0 spiro atoms. The monoisotopic (exact) mass is 344 g/mol. The van der Waals surface area contributed by atoms with Crippen molar-refractivity contribution in [3.8, 4) is 5.75 Å². The normalized spacial score (nSPS) is 11.5. The number of fused-ring (bicyclic) bond motifs is 1. The van der Waals surface area contributed by atoms with Gasteiger partial charge in [0.25, 0.3) is 0 Å². The molecule has 0 radical (unpaired) electrons. The van der Waals surface area contributed by atoms with E-state index in [9.17, 15) is 9.59 Å². The molecule has 1 aromatic heterocycles. The highest BCUT2D eigenvalue weighted by Gasteiger charge is 2.17. The van der Waals surface area contributed by atoms with Crippen LogP contribution in [0, 0.1) is 0 Å². The molecule has 0 bridgehead atoms. The Bertz CT molecular complexity index is 676. The van der Waals surface area contributed by atoms with Crippen LogP contribution in [0.5, 0.6) is 5.75 Å². The van der Waals surface area contributed by atoms with Crippen LogP contribution in [0.1, 0.15) is 13.3 Å². The summed E-state index contributed by atoms with van der Waals surface area (Å²) in [5.41, 5.74) is 11.3. The van der Waals surface area contributed by atoms with Crippen molar-refractivity contribution < 1.29 is 14.3 Å². The smallest absolute Gasteiger partial charge is 0.243 e. The van der Waals surface area contributed by atoms with E-state index in [-0.39, 0.29) is 18.8 Å². The number of halogens is 1. The second kappa shape index (κ2) is 7.92. The first-order valence-corrected chi connectivity index (χ1v) is 7.19. The molecule has 2 aromatic rings. The molecule has 1 heterocycles. The van der Waals surface area contributed by atoms with Crippen molar-refractivity contribution in [3.05, 3.63) is 18.2 Å². The average molecular weight is 345 g/mol. The Hall–Kier alpha value is -1.90. The largest absolute Gasteiger partial charge is 0.494 e. The lowest BCUT2D eigenvalue weighted by molar-refractivity contribution is -0.123. The van der Waals surface area contributed by atoms with Crippen molar-refractivity contribution in [2.24, 2.45) is 11.5 Å². The van der Waals surface area contributed by atoms with Gasteiger partial charge >= 0.3 is 0 Å². The second-order valence-electron chi connectivity index (χ2n) is 4.35. The van der Waals surface area contributed by atoms with Crippen LogP contribution >= 0.6 is 23.7 Å². The van der Waals surface area contributed by atoms with Crippen molar-refractivity contribution >= 4 is 50.9 Å². The number of ether oxygens (including phenoxy) is 1. The van der Waals surface area contributed by atoms with Crippen LogP contribution in [0.25, 0.3) is 10.2 Å². The van der Waals surface area contributed by atoms with Gasteiger partial charge in [-0.25, -0.2) is 4.98 Å². The maximum Gasteiger partial charge on any atom is 0.243 e. The number of rotatable bonds is 6. The van der Waals surface area contributed by atoms with Crippen molar-refractivity contribution in [2.75, 3.05) is 11.9 Å². The van der Waals surface area contributed by atoms with E-state index in [0.29, 0.717) is 11.7 Å². The number of hydrogen-bond donors (Lipinski definition) is 3. The Labute approximate surface area is 137 Å². The Morgan fingerprint density at radius 2 is 2.18 bits per heavy atom. The summed E-state index contributed by atoms with van der Waals surface area (Å²) in [6.45, 7) is 2.48. The van der Waals surface area contributed by atoms with Crippen molar-refractivity contribution in [1.29, 1.82) is 0 Å². The highest BCUT2D eigenvalue weighted by Crippen LogP contribution is 2.29. The molecule has 0 saturated carbocycles. The van der Waals surface area contributed by atoms with Crippen LogP contribution < -0.4 is 21.5 Å². The summed E-state index contributed by atoms with van der Waals surface area (Å²) < 4.78 is 6.30. The number of carbonyl (C=O) groups is 2. The molecule has 120 valence electrons. The van der Waals surface area contributed by atoms with E-state index >= 15 is 0 Å². The Morgan fingerprint density at radius 3 is 2.82 bits per heavy atom. The summed E-state index contributed by atoms with van der Waals surface area (Å²) in [7, 11) is 0. The number of hydrogen-bond acceptors (Lipinski definition) is 6. The highest BCUT2D eigenvalue weighted by atomic mass is 35.5. The molecular weight excluding hydrogens is 328 g/mol. The first-order valence-electron chi connectivity index (χ1n) is 6.37. The first kappa shape index (κ1) is 18.1. The molecule has 7 nitrogen and oxygen atoms in total. The Morgan fingerprint density at radius 1 is 1.45 bits per heavy atom. The predicted octanol–water partition coefficient (Wildman–Crippen LogP) is 1.26. The van der Waals surface area contributed by atoms with E-state index < -0.39 is 17.9 Å². The van der Waals surface area contributed by atoms with Gasteiger partial charge in [0.15, 0.2) is 5.13 Å². The van der Waals surface area contributed by atoms with Crippen LogP contribution in [-0.4, -0.2) is 29.4 Å². The summed E-state index contributed by atoms with van der Waals surface area (Å²) >= 11 is 1.31. The van der Waals surface area contributed by atoms with Crippen LogP contribution in [0.15, 0.2) is 18.2 Å². The lowest BCUT2D eigenvalue weighted by Crippen LogP contribution is -2.38. The van der Waals surface area contributed by atoms with Crippen molar-refractivity contribution in [2.45, 2.75) is 19.4 Å². The fourth-order valence-electron chi connectivity index (χ4n) is 1.72. The topological polar surface area (TPSA) is 120 Å². The SMILES string of the molecule is CCOc1ccc2nc(NC(=O)C(N)CC(N)=O)sc2c1.Cl. The Balaban J connectivity index is 0.00000242. The summed E-state index contributed by atoms with van der Waals surface area (Å²) in [6.07, 6.45) is -0.203. The molecule has 2 rings (SSSR count). The zero-order chi connectivity index (χ0) is 15.4. The third-order valence-electron chi connectivity index (χ3n) is 2.66. The zero-order valence-corrected chi connectivity index (χ0v) is 13.5. The van der Waals surface area contributed by atoms with E-state index in [1.807, 2.05) is 25.1 Å². The highest BCUT2D eigenvalue weighted by molar-refractivity contribution is 7.22. The quantitative estimate of drug-likeness (QED) is 0.728. The molecule has 1 atom stereocenters. The number of primary amides is 1. The number of anilines is 1. The number of amides is 2. The minimum Gasteiger partial charge on any atom is -0.494 e. The van der Waals surface area contributed by atoms with Gasteiger partial charge in [-0.05, 0) is 25.1 Å². The number of thiazole rings is 1. The molecule has 5 N–H and O–H groups in total. The van der Waals surface area contributed by atoms with Gasteiger partial charge in [0.2, 0.25) is 11.8 Å². The van der Waals surface area contributed by atoms with Crippen LogP contribution in [0.4, 0.5) is 5.13 Å². The third kappa shape index (κ3) is 4.55. The number of carbonyl (C=O) groups excluding carboxylic acids is 2. The number of nitrogens with two attached hydrogens (primary N) is 2. The van der Waals surface area contributed by atoms with Crippen LogP contribution in [0.2, 0.25) is 0 Å². The number of benzene rings is 1. The maximum atomic E-state index is 11.8. The molecule has 0 fully saturated rings. The minimum absolute atomic E-state index is 0. The summed E-state index contributed by atoms with van der Waals surface area (Å²) in [5, 5.41) is 3.00. The molecule has 9 heteroatoms. The van der Waals surface area contributed by atoms with Gasteiger partial charge in [-0.1, -0.05) is 11.3 Å². The van der Waals surface area contributed by atoms with Gasteiger partial charge in [-0.2, -0.15) is 0 Å². The fourth-order valence-corrected chi connectivity index (χ4v) is 2.62. The predicted molar refractivity (Wildman–Crippen MR) is 88.5 cm³/mol. The second-order valence-corrected chi connectivity index (χ2v) is 5.38. The van der Waals surface area contributed by atoms with Gasteiger partial charge in [0.05, 0.1) is 29.3 Å². The number of nitrogens with one attached hydrogen (secondary N) is 1. The molecule has 0 saturated heterocycles. The summed E-state index contributed by atoms with van der Waals surface area (Å²) in [6, 6.07) is 4.51. The first-order chi connectivity index (χ1) is 9.99. The minimum atomic E-state index is -0.978. The number of nitrogens with zero attached hydrogens (tertiary/aromatic N) is 1. The van der Waals surface area contributed by atoms with E-state index in [2.05, 4.69) is 10.3 Å². The molecular formula is C13H17ClN4O3S. The van der Waals surface area contributed by atoms with E-state index in [0.717, 1.165) is 16.0 Å². The van der Waals surface area contributed by atoms with E-state index in [4.69, 9.17) is 16.2 Å². The standard InChI is InChI=1S/C13H16N4O3S.ClH/c1-2-20-7-3-4-9-10(5-7)21-13(16-9)17-12(19)8(14)6-11(15)18;/h3-5,8H,2,6,14H2,1H3,(H2,15,18)(H,16,17,19);1H. The van der Waals surface area contributed by atoms with E-state index in [1.54, 1.807) is 0 Å². The van der Waals surface area contributed by atoms with Crippen LogP contribution in [0.3, 0.4) is 0 Å². The zero-order valence-electron chi connectivity index (χ0n) is 11.9. The van der Waals surface area contributed by atoms with Gasteiger partial charge < -0.3 is 21.5 Å². The van der Waals surface area contributed by atoms with Crippen molar-refractivity contribution in [1.82, 2.24) is 4.98 Å². The van der Waals surface area contributed by atoms with Gasteiger partial charge in [0, 0.05) is 0 Å². The van der Waals surface area contributed by atoms with E-state index in [1.165, 1.54) is 11.3 Å². The lowest BCUT2D eigenvalue weighted by Gasteiger charge is -2.07. The molecule has 1 aromatic carbocycles. The van der Waals surface area contributed by atoms with Crippen molar-refractivity contribution in [3.63, 3.8) is 0 Å². The molecule has 0 aliphatic rings.